The molecule has 84 valence electrons. The van der Waals surface area contributed by atoms with Crippen LogP contribution in [-0.4, -0.2) is 23.9 Å². The Balaban J connectivity index is 2.24. The Labute approximate surface area is 95.0 Å². The third-order valence-corrected chi connectivity index (χ3v) is 2.93. The largest absolute Gasteiger partial charge is 0.465 e. The van der Waals surface area contributed by atoms with E-state index in [0.717, 1.165) is 24.3 Å². The fourth-order valence-electron chi connectivity index (χ4n) is 1.91. The van der Waals surface area contributed by atoms with Crippen LogP contribution in [0.4, 0.5) is 0 Å². The van der Waals surface area contributed by atoms with E-state index in [9.17, 15) is 4.79 Å². The molecule has 0 spiro atoms. The van der Waals surface area contributed by atoms with Crippen molar-refractivity contribution in [1.82, 2.24) is 4.90 Å². The summed E-state index contributed by atoms with van der Waals surface area (Å²) >= 11 is 0. The second kappa shape index (κ2) is 4.39. The Kier molecular flexibility index (Phi) is 2.95. The molecule has 0 unspecified atom stereocenters. The maximum atomic E-state index is 11.5. The maximum Gasteiger partial charge on any atom is 0.246 e. The Bertz CT molecular complexity index is 429. The third-order valence-electron chi connectivity index (χ3n) is 2.93. The van der Waals surface area contributed by atoms with Gasteiger partial charge in [-0.25, -0.2) is 0 Å². The highest BCUT2D eigenvalue weighted by Gasteiger charge is 2.21. The van der Waals surface area contributed by atoms with Crippen LogP contribution in [-0.2, 0) is 4.79 Å². The number of hydrogen-bond donors (Lipinski definition) is 0. The van der Waals surface area contributed by atoms with Gasteiger partial charge in [-0.2, -0.15) is 0 Å². The van der Waals surface area contributed by atoms with E-state index in [1.54, 1.807) is 11.2 Å². The van der Waals surface area contributed by atoms with Crippen LogP contribution in [0.2, 0.25) is 0 Å². The summed E-state index contributed by atoms with van der Waals surface area (Å²) in [5.74, 6) is 0.843. The predicted molar refractivity (Wildman–Crippen MR) is 62.7 cm³/mol. The quantitative estimate of drug-likeness (QED) is 0.713. The summed E-state index contributed by atoms with van der Waals surface area (Å²) in [4.78, 5) is 13.3. The number of nitrogens with zero attached hydrogens (tertiary/aromatic N) is 1. The summed E-state index contributed by atoms with van der Waals surface area (Å²) in [5, 5.41) is 0. The van der Waals surface area contributed by atoms with Crippen molar-refractivity contribution < 1.29 is 9.21 Å². The highest BCUT2D eigenvalue weighted by Crippen LogP contribution is 2.26. The van der Waals surface area contributed by atoms with E-state index in [1.165, 1.54) is 11.6 Å². The number of hydrogen-bond acceptors (Lipinski definition) is 2. The van der Waals surface area contributed by atoms with Crippen LogP contribution in [0.25, 0.3) is 5.57 Å². The van der Waals surface area contributed by atoms with Gasteiger partial charge in [0.05, 0.1) is 6.26 Å². The number of rotatable bonds is 2. The number of furan rings is 1. The standard InChI is InChI=1S/C13H15NO2/c1-3-13(15)14-7-6-10(2)11(9-14)12-5-4-8-16-12/h3-5,8H,1,6-7,9H2,2H3. The molecule has 0 saturated carbocycles. The van der Waals surface area contributed by atoms with E-state index in [0.29, 0.717) is 6.54 Å². The van der Waals surface area contributed by atoms with Gasteiger partial charge in [0.25, 0.3) is 0 Å². The topological polar surface area (TPSA) is 33.5 Å². The molecule has 0 N–H and O–H groups in total. The maximum absolute atomic E-state index is 11.5. The second-order valence-electron chi connectivity index (χ2n) is 3.95. The highest BCUT2D eigenvalue weighted by molar-refractivity contribution is 5.89. The summed E-state index contributed by atoms with van der Waals surface area (Å²) < 4.78 is 5.38. The van der Waals surface area contributed by atoms with Crippen molar-refractivity contribution >= 4 is 11.5 Å². The minimum atomic E-state index is -0.0171. The molecule has 3 nitrogen and oxygen atoms in total. The monoisotopic (exact) mass is 217 g/mol. The van der Waals surface area contributed by atoms with Gasteiger partial charge >= 0.3 is 0 Å². The minimum Gasteiger partial charge on any atom is -0.465 e. The van der Waals surface area contributed by atoms with Gasteiger partial charge in [-0.15, -0.1) is 0 Å². The Morgan fingerprint density at radius 3 is 3.06 bits per heavy atom. The molecule has 3 heteroatoms. The molecule has 1 aromatic heterocycles. The molecule has 1 aliphatic rings. The van der Waals surface area contributed by atoms with Crippen LogP contribution in [0.15, 0.2) is 41.0 Å². The molecule has 1 amide bonds. The second-order valence-corrected chi connectivity index (χ2v) is 3.95. The van der Waals surface area contributed by atoms with Crippen molar-refractivity contribution in [2.45, 2.75) is 13.3 Å². The molecule has 2 rings (SSSR count). The number of carbonyl (C=O) groups excluding carboxylic acids is 1. The first-order chi connectivity index (χ1) is 7.72. The smallest absolute Gasteiger partial charge is 0.246 e. The highest BCUT2D eigenvalue weighted by atomic mass is 16.3. The van der Waals surface area contributed by atoms with E-state index in [2.05, 4.69) is 13.5 Å². The zero-order valence-electron chi connectivity index (χ0n) is 9.40. The molecule has 0 saturated heterocycles. The van der Waals surface area contributed by atoms with Crippen molar-refractivity contribution in [1.29, 1.82) is 0 Å². The van der Waals surface area contributed by atoms with Crippen molar-refractivity contribution in [3.05, 3.63) is 42.4 Å². The van der Waals surface area contributed by atoms with Crippen LogP contribution in [0.3, 0.4) is 0 Å². The fraction of sp³-hybridized carbons (Fsp3) is 0.308. The van der Waals surface area contributed by atoms with Crippen molar-refractivity contribution in [2.24, 2.45) is 0 Å². The van der Waals surface area contributed by atoms with Crippen LogP contribution >= 0.6 is 0 Å². The Morgan fingerprint density at radius 2 is 2.44 bits per heavy atom. The Hall–Kier alpha value is -1.77. The van der Waals surface area contributed by atoms with Gasteiger partial charge in [-0.05, 0) is 31.6 Å². The lowest BCUT2D eigenvalue weighted by atomic mass is 9.99. The molecular formula is C13H15NO2. The first-order valence-corrected chi connectivity index (χ1v) is 5.36. The molecule has 0 aromatic carbocycles. The van der Waals surface area contributed by atoms with Gasteiger partial charge in [0.15, 0.2) is 0 Å². The normalized spacial score (nSPS) is 16.4. The lowest BCUT2D eigenvalue weighted by molar-refractivity contribution is -0.125. The van der Waals surface area contributed by atoms with Crippen LogP contribution in [0.5, 0.6) is 0 Å². The molecule has 1 aliphatic heterocycles. The van der Waals surface area contributed by atoms with Gasteiger partial charge in [0, 0.05) is 18.7 Å². The molecular weight excluding hydrogens is 202 g/mol. The zero-order chi connectivity index (χ0) is 11.5. The average Bonchev–Trinajstić information content (AvgIpc) is 2.82. The fourth-order valence-corrected chi connectivity index (χ4v) is 1.91. The average molecular weight is 217 g/mol. The molecule has 0 bridgehead atoms. The zero-order valence-corrected chi connectivity index (χ0v) is 9.40. The first-order valence-electron chi connectivity index (χ1n) is 5.36. The van der Waals surface area contributed by atoms with Crippen molar-refractivity contribution in [2.75, 3.05) is 13.1 Å². The minimum absolute atomic E-state index is 0.0171. The van der Waals surface area contributed by atoms with E-state index >= 15 is 0 Å². The summed E-state index contributed by atoms with van der Waals surface area (Å²) in [6, 6.07) is 3.80. The molecule has 0 aliphatic carbocycles. The van der Waals surface area contributed by atoms with Gasteiger partial charge in [0.2, 0.25) is 5.91 Å². The first kappa shape index (κ1) is 10.7. The van der Waals surface area contributed by atoms with Crippen molar-refractivity contribution in [3.63, 3.8) is 0 Å². The van der Waals surface area contributed by atoms with Crippen LogP contribution in [0.1, 0.15) is 19.1 Å². The molecule has 0 fully saturated rings. The summed E-state index contributed by atoms with van der Waals surface area (Å²) in [5.41, 5.74) is 2.41. The summed E-state index contributed by atoms with van der Waals surface area (Å²) in [6.45, 7) is 6.98. The summed E-state index contributed by atoms with van der Waals surface area (Å²) in [7, 11) is 0. The number of amides is 1. The van der Waals surface area contributed by atoms with E-state index in [1.807, 2.05) is 12.1 Å². The van der Waals surface area contributed by atoms with Gasteiger partial charge in [0.1, 0.15) is 5.76 Å². The van der Waals surface area contributed by atoms with Gasteiger partial charge in [-0.1, -0.05) is 12.2 Å². The Morgan fingerprint density at radius 1 is 1.62 bits per heavy atom. The molecule has 2 heterocycles. The lowest BCUT2D eigenvalue weighted by Crippen LogP contribution is -2.35. The molecule has 0 atom stereocenters. The molecule has 1 aromatic rings. The predicted octanol–water partition coefficient (Wildman–Crippen LogP) is 2.47. The van der Waals surface area contributed by atoms with Gasteiger partial charge < -0.3 is 9.32 Å². The van der Waals surface area contributed by atoms with E-state index < -0.39 is 0 Å². The van der Waals surface area contributed by atoms with E-state index in [-0.39, 0.29) is 5.91 Å². The number of carbonyl (C=O) groups is 1. The SMILES string of the molecule is C=CC(=O)N1CCC(C)=C(c2ccco2)C1. The van der Waals surface area contributed by atoms with Crippen LogP contribution < -0.4 is 0 Å². The van der Waals surface area contributed by atoms with Crippen molar-refractivity contribution in [3.8, 4) is 0 Å². The third kappa shape index (κ3) is 1.94. The summed E-state index contributed by atoms with van der Waals surface area (Å²) in [6.07, 6.45) is 3.92. The van der Waals surface area contributed by atoms with Gasteiger partial charge in [-0.3, -0.25) is 4.79 Å². The van der Waals surface area contributed by atoms with Crippen LogP contribution in [0, 0.1) is 0 Å². The molecule has 0 radical (unpaired) electrons. The molecule has 16 heavy (non-hydrogen) atoms. The van der Waals surface area contributed by atoms with E-state index in [4.69, 9.17) is 4.42 Å². The lowest BCUT2D eigenvalue weighted by Gasteiger charge is -2.28.